The van der Waals surface area contributed by atoms with E-state index in [1.54, 1.807) is 4.57 Å². The minimum Gasteiger partial charge on any atom is -0.319 e. The van der Waals surface area contributed by atoms with Gasteiger partial charge in [-0.05, 0) is 17.7 Å². The van der Waals surface area contributed by atoms with Gasteiger partial charge in [-0.2, -0.15) is 0 Å². The number of alkyl halides is 2. The van der Waals surface area contributed by atoms with Gasteiger partial charge in [0.15, 0.2) is 22.9 Å². The van der Waals surface area contributed by atoms with Crippen molar-refractivity contribution in [3.8, 4) is 0 Å². The van der Waals surface area contributed by atoms with Gasteiger partial charge in [0.05, 0.1) is 12.1 Å². The molecule has 1 aromatic carbocycles. The van der Waals surface area contributed by atoms with Crippen molar-refractivity contribution in [2.24, 2.45) is 0 Å². The number of pyridine rings is 1. The summed E-state index contributed by atoms with van der Waals surface area (Å²) in [4.78, 5) is 27.1. The SMILES string of the molecule is O=c1cc(Cn2c(C3CC(F)(F)C3)nc3nccnc32)c2ccc(F)c(F)c2[nH]1. The zero-order valence-electron chi connectivity index (χ0n) is 14.8. The summed E-state index contributed by atoms with van der Waals surface area (Å²) in [5.41, 5.74) is 0.196. The van der Waals surface area contributed by atoms with Crippen LogP contribution < -0.4 is 5.56 Å². The topological polar surface area (TPSA) is 76.5 Å². The number of hydrogen-bond donors (Lipinski definition) is 1. The van der Waals surface area contributed by atoms with Crippen LogP contribution in [0.3, 0.4) is 0 Å². The molecular formula is C19H13F4N5O. The summed E-state index contributed by atoms with van der Waals surface area (Å²) in [7, 11) is 0. The van der Waals surface area contributed by atoms with Crippen LogP contribution in [0.15, 0.2) is 35.4 Å². The highest BCUT2D eigenvalue weighted by atomic mass is 19.3. The van der Waals surface area contributed by atoms with Gasteiger partial charge in [-0.15, -0.1) is 0 Å². The van der Waals surface area contributed by atoms with Crippen molar-refractivity contribution in [1.82, 2.24) is 24.5 Å². The third-order valence-corrected chi connectivity index (χ3v) is 5.19. The number of aromatic amines is 1. The van der Waals surface area contributed by atoms with Crippen molar-refractivity contribution in [3.63, 3.8) is 0 Å². The average molecular weight is 403 g/mol. The Bertz CT molecular complexity index is 1320. The van der Waals surface area contributed by atoms with Crippen LogP contribution in [0, 0.1) is 11.6 Å². The molecule has 29 heavy (non-hydrogen) atoms. The van der Waals surface area contributed by atoms with Crippen molar-refractivity contribution in [2.75, 3.05) is 0 Å². The smallest absolute Gasteiger partial charge is 0.249 e. The first-order chi connectivity index (χ1) is 13.8. The Morgan fingerprint density at radius 1 is 1.17 bits per heavy atom. The van der Waals surface area contributed by atoms with Gasteiger partial charge in [0, 0.05) is 42.6 Å². The Kier molecular flexibility index (Phi) is 3.74. The van der Waals surface area contributed by atoms with E-state index in [4.69, 9.17) is 0 Å². The van der Waals surface area contributed by atoms with Crippen LogP contribution in [0.1, 0.15) is 30.1 Å². The molecule has 1 aliphatic rings. The molecule has 0 unspecified atom stereocenters. The van der Waals surface area contributed by atoms with Gasteiger partial charge in [0.1, 0.15) is 5.82 Å². The minimum absolute atomic E-state index is 0.0259. The number of hydrogen-bond acceptors (Lipinski definition) is 4. The van der Waals surface area contributed by atoms with E-state index in [1.807, 2.05) is 0 Å². The Morgan fingerprint density at radius 2 is 1.93 bits per heavy atom. The first kappa shape index (κ1) is 17.8. The molecule has 1 N–H and O–H groups in total. The maximum absolute atomic E-state index is 14.2. The van der Waals surface area contributed by atoms with E-state index >= 15 is 0 Å². The van der Waals surface area contributed by atoms with Crippen molar-refractivity contribution in [1.29, 1.82) is 0 Å². The van der Waals surface area contributed by atoms with Crippen molar-refractivity contribution in [2.45, 2.75) is 31.2 Å². The third-order valence-electron chi connectivity index (χ3n) is 5.19. The Hall–Kier alpha value is -3.30. The minimum atomic E-state index is -2.74. The van der Waals surface area contributed by atoms with Crippen LogP contribution >= 0.6 is 0 Å². The van der Waals surface area contributed by atoms with Crippen LogP contribution in [0.2, 0.25) is 0 Å². The number of halogens is 4. The largest absolute Gasteiger partial charge is 0.319 e. The number of nitrogens with one attached hydrogen (secondary N) is 1. The van der Waals surface area contributed by atoms with Gasteiger partial charge in [-0.1, -0.05) is 0 Å². The number of aromatic nitrogens is 5. The lowest BCUT2D eigenvalue weighted by Gasteiger charge is -2.34. The molecule has 4 aromatic rings. The summed E-state index contributed by atoms with van der Waals surface area (Å²) in [6, 6.07) is 3.60. The number of imidazole rings is 1. The lowest BCUT2D eigenvalue weighted by molar-refractivity contribution is -0.0889. The van der Waals surface area contributed by atoms with Gasteiger partial charge < -0.3 is 9.55 Å². The normalized spacial score (nSPS) is 16.4. The number of H-pyrrole nitrogens is 1. The summed E-state index contributed by atoms with van der Waals surface area (Å²) >= 11 is 0. The van der Waals surface area contributed by atoms with Crippen molar-refractivity contribution >= 4 is 22.2 Å². The molecule has 5 rings (SSSR count). The molecular weight excluding hydrogens is 390 g/mol. The zero-order valence-corrected chi connectivity index (χ0v) is 14.8. The molecule has 0 amide bonds. The molecule has 0 spiro atoms. The molecule has 0 bridgehead atoms. The van der Waals surface area contributed by atoms with Gasteiger partial charge in [-0.3, -0.25) is 4.79 Å². The van der Waals surface area contributed by atoms with E-state index < -0.39 is 29.0 Å². The second-order valence-electron chi connectivity index (χ2n) is 7.16. The van der Waals surface area contributed by atoms with Crippen LogP contribution in [-0.2, 0) is 6.54 Å². The molecule has 0 saturated heterocycles. The molecule has 0 atom stereocenters. The van der Waals surface area contributed by atoms with Gasteiger partial charge in [0.25, 0.3) is 0 Å². The molecule has 1 saturated carbocycles. The highest BCUT2D eigenvalue weighted by molar-refractivity contribution is 5.82. The van der Waals surface area contributed by atoms with Gasteiger partial charge in [-0.25, -0.2) is 32.5 Å². The molecule has 1 fully saturated rings. The zero-order chi connectivity index (χ0) is 20.3. The molecule has 6 nitrogen and oxygen atoms in total. The number of fused-ring (bicyclic) bond motifs is 2. The lowest BCUT2D eigenvalue weighted by Crippen LogP contribution is -2.35. The lowest BCUT2D eigenvalue weighted by atomic mass is 9.80. The summed E-state index contributed by atoms with van der Waals surface area (Å²) < 4.78 is 56.3. The monoisotopic (exact) mass is 403 g/mol. The maximum Gasteiger partial charge on any atom is 0.249 e. The Labute approximate surface area is 160 Å². The van der Waals surface area contributed by atoms with E-state index in [0.29, 0.717) is 28.1 Å². The molecule has 0 radical (unpaired) electrons. The fraction of sp³-hybridized carbons (Fsp3) is 0.263. The van der Waals surface area contributed by atoms with Crippen LogP contribution in [0.4, 0.5) is 17.6 Å². The highest BCUT2D eigenvalue weighted by Gasteiger charge is 2.48. The molecule has 1 aliphatic carbocycles. The standard InChI is InChI=1S/C19H13F4N5O/c20-12-2-1-11-9(5-13(29)26-15(11)14(12)21)8-28-17(10-6-19(22,23)7-10)27-16-18(28)25-4-3-24-16/h1-5,10H,6-8H2,(H,26,29). The first-order valence-electron chi connectivity index (χ1n) is 8.87. The quantitative estimate of drug-likeness (QED) is 0.531. The second-order valence-corrected chi connectivity index (χ2v) is 7.16. The van der Waals surface area contributed by atoms with Crippen molar-refractivity contribution in [3.05, 3.63) is 64.0 Å². The maximum atomic E-state index is 14.2. The molecule has 3 heterocycles. The van der Waals surface area contributed by atoms with Gasteiger partial charge >= 0.3 is 0 Å². The van der Waals surface area contributed by atoms with E-state index in [9.17, 15) is 22.4 Å². The predicted molar refractivity (Wildman–Crippen MR) is 95.8 cm³/mol. The first-order valence-corrected chi connectivity index (χ1v) is 8.87. The van der Waals surface area contributed by atoms with Crippen molar-refractivity contribution < 1.29 is 17.6 Å². The fourth-order valence-electron chi connectivity index (χ4n) is 3.82. The summed E-state index contributed by atoms with van der Waals surface area (Å²) in [6.45, 7) is 0.0259. The second kappa shape index (κ2) is 6.10. The Balaban J connectivity index is 1.68. The van der Waals surface area contributed by atoms with Gasteiger partial charge in [0.2, 0.25) is 11.5 Å². The van der Waals surface area contributed by atoms with Crippen LogP contribution in [0.5, 0.6) is 0 Å². The van der Waals surface area contributed by atoms with E-state index in [1.165, 1.54) is 24.5 Å². The molecule has 0 aliphatic heterocycles. The molecule has 3 aromatic heterocycles. The Morgan fingerprint density at radius 3 is 2.69 bits per heavy atom. The predicted octanol–water partition coefficient (Wildman–Crippen LogP) is 3.51. The third kappa shape index (κ3) is 2.86. The fourth-order valence-corrected chi connectivity index (χ4v) is 3.82. The highest BCUT2D eigenvalue weighted by Crippen LogP contribution is 2.48. The number of benzene rings is 1. The van der Waals surface area contributed by atoms with E-state index in [-0.39, 0.29) is 24.9 Å². The molecule has 148 valence electrons. The molecule has 10 heteroatoms. The summed E-state index contributed by atoms with van der Waals surface area (Å²) in [5, 5.41) is 0.305. The van der Waals surface area contributed by atoms with Crippen LogP contribution in [-0.4, -0.2) is 30.4 Å². The summed E-state index contributed by atoms with van der Waals surface area (Å²) in [5.74, 6) is -5.08. The number of rotatable bonds is 3. The van der Waals surface area contributed by atoms with E-state index in [2.05, 4.69) is 19.9 Å². The number of nitrogens with zero attached hydrogens (tertiary/aromatic N) is 4. The van der Waals surface area contributed by atoms with Crippen LogP contribution in [0.25, 0.3) is 22.2 Å². The van der Waals surface area contributed by atoms with E-state index in [0.717, 1.165) is 6.07 Å². The average Bonchev–Trinajstić information content (AvgIpc) is 3.01. The summed E-state index contributed by atoms with van der Waals surface area (Å²) in [6.07, 6.45) is 2.21.